The molecular weight excluding hydrogens is 300 g/mol. The first-order valence-corrected chi connectivity index (χ1v) is 8.00. The van der Waals surface area contributed by atoms with Crippen LogP contribution in [0.4, 0.5) is 0 Å². The summed E-state index contributed by atoms with van der Waals surface area (Å²) in [7, 11) is -2.27. The standard InChI is InChI=1S/C13H15ClN2O3S/c1-16(8-9-4-12(17)5-9)20(18,19)13-6-11(14)3-2-10(13)7-15/h2-3,6,9,12,17H,4-5,8H2,1H3. The molecule has 0 unspecified atom stereocenters. The number of rotatable bonds is 4. The third-order valence-corrected chi connectivity index (χ3v) is 5.58. The zero-order valence-electron chi connectivity index (χ0n) is 11.0. The molecule has 0 heterocycles. The molecule has 1 aromatic rings. The van der Waals surface area contributed by atoms with Gasteiger partial charge in [-0.1, -0.05) is 11.6 Å². The minimum absolute atomic E-state index is 0.0742. The Morgan fingerprint density at radius 2 is 2.15 bits per heavy atom. The summed E-state index contributed by atoms with van der Waals surface area (Å²) in [5.41, 5.74) is 0.0786. The maximum absolute atomic E-state index is 12.5. The Morgan fingerprint density at radius 3 is 2.70 bits per heavy atom. The minimum Gasteiger partial charge on any atom is -0.393 e. The fraction of sp³-hybridized carbons (Fsp3) is 0.462. The fourth-order valence-corrected chi connectivity index (χ4v) is 3.93. The molecule has 108 valence electrons. The molecule has 0 aromatic heterocycles. The normalized spacial score (nSPS) is 22.4. The Bertz CT molecular complexity index is 648. The van der Waals surface area contributed by atoms with E-state index in [4.69, 9.17) is 16.9 Å². The Kier molecular flexibility index (Phi) is 4.35. The molecule has 20 heavy (non-hydrogen) atoms. The Balaban J connectivity index is 2.26. The summed E-state index contributed by atoms with van der Waals surface area (Å²) < 4.78 is 26.2. The van der Waals surface area contributed by atoms with Crippen LogP contribution in [0.5, 0.6) is 0 Å². The molecule has 0 radical (unpaired) electrons. The average Bonchev–Trinajstić information content (AvgIpc) is 2.36. The van der Waals surface area contributed by atoms with Crippen molar-refractivity contribution in [3.63, 3.8) is 0 Å². The predicted molar refractivity (Wildman–Crippen MR) is 74.7 cm³/mol. The number of sulfonamides is 1. The van der Waals surface area contributed by atoms with Crippen LogP contribution in [0.1, 0.15) is 18.4 Å². The second kappa shape index (κ2) is 5.70. The molecule has 0 amide bonds. The van der Waals surface area contributed by atoms with E-state index in [9.17, 15) is 13.5 Å². The lowest BCUT2D eigenvalue weighted by molar-refractivity contribution is 0.0367. The summed E-state index contributed by atoms with van der Waals surface area (Å²) in [5.74, 6) is 0.162. The quantitative estimate of drug-likeness (QED) is 0.915. The van der Waals surface area contributed by atoms with E-state index >= 15 is 0 Å². The van der Waals surface area contributed by atoms with Gasteiger partial charge < -0.3 is 5.11 Å². The van der Waals surface area contributed by atoms with Crippen molar-refractivity contribution in [1.82, 2.24) is 4.31 Å². The molecule has 1 aliphatic rings. The number of aliphatic hydroxyl groups excluding tert-OH is 1. The van der Waals surface area contributed by atoms with Crippen molar-refractivity contribution in [2.75, 3.05) is 13.6 Å². The van der Waals surface area contributed by atoms with Crippen LogP contribution in [-0.4, -0.2) is 37.5 Å². The zero-order valence-corrected chi connectivity index (χ0v) is 12.5. The van der Waals surface area contributed by atoms with Gasteiger partial charge in [0.2, 0.25) is 10.0 Å². The molecule has 0 saturated heterocycles. The lowest BCUT2D eigenvalue weighted by Gasteiger charge is -2.34. The molecule has 1 aliphatic carbocycles. The number of nitriles is 1. The van der Waals surface area contributed by atoms with Crippen LogP contribution in [-0.2, 0) is 10.0 Å². The van der Waals surface area contributed by atoms with Crippen molar-refractivity contribution < 1.29 is 13.5 Å². The molecule has 0 bridgehead atoms. The second-order valence-corrected chi connectivity index (χ2v) is 7.48. The summed E-state index contributed by atoms with van der Waals surface area (Å²) in [4.78, 5) is -0.0742. The zero-order chi connectivity index (χ0) is 14.9. The van der Waals surface area contributed by atoms with Crippen LogP contribution in [0.3, 0.4) is 0 Å². The van der Waals surface area contributed by atoms with E-state index in [-0.39, 0.29) is 27.5 Å². The van der Waals surface area contributed by atoms with Crippen LogP contribution in [0, 0.1) is 17.2 Å². The summed E-state index contributed by atoms with van der Waals surface area (Å²) in [6.07, 6.45) is 0.901. The largest absolute Gasteiger partial charge is 0.393 e. The molecule has 1 saturated carbocycles. The highest BCUT2D eigenvalue weighted by Crippen LogP contribution is 2.30. The van der Waals surface area contributed by atoms with E-state index in [1.165, 1.54) is 29.6 Å². The summed E-state index contributed by atoms with van der Waals surface area (Å²) in [6, 6.07) is 6.05. The number of aliphatic hydroxyl groups is 1. The minimum atomic E-state index is -3.75. The highest BCUT2D eigenvalue weighted by molar-refractivity contribution is 7.89. The Hall–Kier alpha value is -1.13. The molecule has 0 spiro atoms. The lowest BCUT2D eigenvalue weighted by Crippen LogP contribution is -2.39. The van der Waals surface area contributed by atoms with Gasteiger partial charge in [-0.2, -0.15) is 5.26 Å². The molecule has 1 aromatic carbocycles. The van der Waals surface area contributed by atoms with Gasteiger partial charge in [0, 0.05) is 18.6 Å². The number of hydrogen-bond acceptors (Lipinski definition) is 4. The smallest absolute Gasteiger partial charge is 0.244 e. The van der Waals surface area contributed by atoms with Crippen molar-refractivity contribution in [2.24, 2.45) is 5.92 Å². The van der Waals surface area contributed by atoms with Gasteiger partial charge in [0.15, 0.2) is 0 Å². The van der Waals surface area contributed by atoms with Gasteiger partial charge in [0.05, 0.1) is 11.7 Å². The van der Waals surface area contributed by atoms with Gasteiger partial charge >= 0.3 is 0 Å². The molecule has 5 nitrogen and oxygen atoms in total. The molecule has 7 heteroatoms. The van der Waals surface area contributed by atoms with E-state index in [1.807, 2.05) is 6.07 Å². The van der Waals surface area contributed by atoms with Crippen LogP contribution in [0.25, 0.3) is 0 Å². The van der Waals surface area contributed by atoms with E-state index < -0.39 is 10.0 Å². The summed E-state index contributed by atoms with van der Waals surface area (Å²) in [6.45, 7) is 0.330. The van der Waals surface area contributed by atoms with Gasteiger partial charge in [-0.25, -0.2) is 12.7 Å². The number of hydrogen-bond donors (Lipinski definition) is 1. The Labute approximate surface area is 123 Å². The van der Waals surface area contributed by atoms with Gasteiger partial charge in [0.25, 0.3) is 0 Å². The third kappa shape index (κ3) is 2.96. The molecule has 1 N–H and O–H groups in total. The van der Waals surface area contributed by atoms with Gasteiger partial charge in [-0.15, -0.1) is 0 Å². The fourth-order valence-electron chi connectivity index (χ4n) is 2.28. The van der Waals surface area contributed by atoms with Crippen LogP contribution >= 0.6 is 11.6 Å². The SMILES string of the molecule is CN(CC1CC(O)C1)S(=O)(=O)c1cc(Cl)ccc1C#N. The first kappa shape index (κ1) is 15.3. The van der Waals surface area contributed by atoms with Crippen molar-refractivity contribution in [1.29, 1.82) is 5.26 Å². The highest BCUT2D eigenvalue weighted by atomic mass is 35.5. The first-order valence-electron chi connectivity index (χ1n) is 6.18. The van der Waals surface area contributed by atoms with Gasteiger partial charge in [-0.3, -0.25) is 0 Å². The number of nitrogens with zero attached hydrogens (tertiary/aromatic N) is 2. The van der Waals surface area contributed by atoms with E-state index in [1.54, 1.807) is 0 Å². The predicted octanol–water partition coefficient (Wildman–Crippen LogP) is 1.60. The second-order valence-electron chi connectivity index (χ2n) is 5.03. The number of benzene rings is 1. The summed E-state index contributed by atoms with van der Waals surface area (Å²) in [5, 5.41) is 18.5. The lowest BCUT2D eigenvalue weighted by atomic mass is 9.82. The monoisotopic (exact) mass is 314 g/mol. The molecular formula is C13H15ClN2O3S. The molecule has 2 rings (SSSR count). The van der Waals surface area contributed by atoms with Crippen LogP contribution in [0.2, 0.25) is 5.02 Å². The van der Waals surface area contributed by atoms with Crippen molar-refractivity contribution >= 4 is 21.6 Å². The van der Waals surface area contributed by atoms with Crippen molar-refractivity contribution in [3.05, 3.63) is 28.8 Å². The van der Waals surface area contributed by atoms with E-state index in [2.05, 4.69) is 0 Å². The van der Waals surface area contributed by atoms with Crippen LogP contribution in [0.15, 0.2) is 23.1 Å². The maximum Gasteiger partial charge on any atom is 0.244 e. The topological polar surface area (TPSA) is 81.4 Å². The highest BCUT2D eigenvalue weighted by Gasteiger charge is 2.32. The van der Waals surface area contributed by atoms with Crippen LogP contribution < -0.4 is 0 Å². The van der Waals surface area contributed by atoms with E-state index in [0.717, 1.165) is 0 Å². The summed E-state index contributed by atoms with van der Waals surface area (Å²) >= 11 is 5.82. The maximum atomic E-state index is 12.5. The first-order chi connectivity index (χ1) is 9.34. The molecule has 1 fully saturated rings. The molecule has 0 aliphatic heterocycles. The van der Waals surface area contributed by atoms with Crippen molar-refractivity contribution in [2.45, 2.75) is 23.8 Å². The van der Waals surface area contributed by atoms with E-state index in [0.29, 0.717) is 19.4 Å². The van der Waals surface area contributed by atoms with Crippen molar-refractivity contribution in [3.8, 4) is 6.07 Å². The van der Waals surface area contributed by atoms with Gasteiger partial charge in [-0.05, 0) is 37.0 Å². The average molecular weight is 315 g/mol. The Morgan fingerprint density at radius 1 is 1.50 bits per heavy atom. The molecule has 0 atom stereocenters. The number of halogens is 1. The van der Waals surface area contributed by atoms with Gasteiger partial charge in [0.1, 0.15) is 11.0 Å². The third-order valence-electron chi connectivity index (χ3n) is 3.48.